The first kappa shape index (κ1) is 22.2. The zero-order chi connectivity index (χ0) is 24.0. The highest BCUT2D eigenvalue weighted by molar-refractivity contribution is 6.30. The number of aryl methyl sites for hydroxylation is 1. The summed E-state index contributed by atoms with van der Waals surface area (Å²) < 4.78 is 11.3. The first-order valence-electron chi connectivity index (χ1n) is 11.1. The molecule has 0 aliphatic carbocycles. The predicted molar refractivity (Wildman–Crippen MR) is 128 cm³/mol. The Hall–Kier alpha value is -3.58. The fourth-order valence-electron chi connectivity index (χ4n) is 4.61. The zero-order valence-electron chi connectivity index (χ0n) is 18.5. The lowest BCUT2D eigenvalue weighted by molar-refractivity contribution is -0.145. The number of carbonyl (C=O) groups excluding carboxylic acids is 1. The third kappa shape index (κ3) is 3.96. The first-order valence-corrected chi connectivity index (χ1v) is 11.4. The van der Waals surface area contributed by atoms with Crippen molar-refractivity contribution in [2.75, 3.05) is 13.1 Å². The van der Waals surface area contributed by atoms with E-state index in [0.29, 0.717) is 53.2 Å². The van der Waals surface area contributed by atoms with E-state index >= 15 is 0 Å². The fourth-order valence-corrected chi connectivity index (χ4v) is 4.73. The Morgan fingerprint density at radius 2 is 1.79 bits per heavy atom. The molecule has 0 bridgehead atoms. The van der Waals surface area contributed by atoms with Gasteiger partial charge in [0.2, 0.25) is 5.91 Å². The van der Waals surface area contributed by atoms with E-state index in [1.807, 2.05) is 37.3 Å². The van der Waals surface area contributed by atoms with Crippen LogP contribution >= 0.6 is 11.6 Å². The summed E-state index contributed by atoms with van der Waals surface area (Å²) in [6.07, 6.45) is 2.40. The van der Waals surface area contributed by atoms with Gasteiger partial charge in [0.15, 0.2) is 0 Å². The van der Waals surface area contributed by atoms with Crippen LogP contribution in [-0.4, -0.2) is 35.0 Å². The SMILES string of the molecule is Cc1c(CC(=O)N2CCC(C(=O)O)CC2)c(=O)oc2cc3occ(-c4ccc(Cl)cc4)c3cc12. The zero-order valence-corrected chi connectivity index (χ0v) is 19.2. The number of benzene rings is 2. The molecule has 0 unspecified atom stereocenters. The van der Waals surface area contributed by atoms with Gasteiger partial charge in [-0.25, -0.2) is 4.79 Å². The topological polar surface area (TPSA) is 101 Å². The Morgan fingerprint density at radius 1 is 1.09 bits per heavy atom. The van der Waals surface area contributed by atoms with Crippen LogP contribution in [-0.2, 0) is 16.0 Å². The standard InChI is InChI=1S/C26H22ClNO6/c1-14-18-10-20-21(15-2-4-17(27)5-3-15)13-33-22(20)12-23(18)34-26(32)19(14)11-24(29)28-8-6-16(7-9-28)25(30)31/h2-5,10,12-13,16H,6-9,11H2,1H3,(H,30,31). The number of carboxylic acid groups (broad SMARTS) is 1. The minimum Gasteiger partial charge on any atom is -0.481 e. The van der Waals surface area contributed by atoms with Crippen molar-refractivity contribution in [2.45, 2.75) is 26.2 Å². The van der Waals surface area contributed by atoms with Gasteiger partial charge >= 0.3 is 11.6 Å². The second kappa shape index (κ2) is 8.65. The summed E-state index contributed by atoms with van der Waals surface area (Å²) in [6, 6.07) is 11.1. The van der Waals surface area contributed by atoms with Gasteiger partial charge in [0, 0.05) is 40.5 Å². The molecule has 1 fully saturated rings. The van der Waals surface area contributed by atoms with Crippen molar-refractivity contribution in [1.82, 2.24) is 4.90 Å². The van der Waals surface area contributed by atoms with Gasteiger partial charge in [-0.1, -0.05) is 23.7 Å². The number of nitrogens with zero attached hydrogens (tertiary/aromatic N) is 1. The largest absolute Gasteiger partial charge is 0.481 e. The molecule has 1 N–H and O–H groups in total. The second-order valence-electron chi connectivity index (χ2n) is 8.66. The van der Waals surface area contributed by atoms with Crippen molar-refractivity contribution in [2.24, 2.45) is 5.92 Å². The van der Waals surface area contributed by atoms with Gasteiger partial charge in [0.05, 0.1) is 24.2 Å². The van der Waals surface area contributed by atoms with E-state index in [0.717, 1.165) is 21.9 Å². The number of hydrogen-bond donors (Lipinski definition) is 1. The molecule has 2 aromatic carbocycles. The number of furan rings is 1. The summed E-state index contributed by atoms with van der Waals surface area (Å²) in [4.78, 5) is 38.4. The van der Waals surface area contributed by atoms with Crippen molar-refractivity contribution in [3.8, 4) is 11.1 Å². The third-order valence-corrected chi connectivity index (χ3v) is 6.91. The van der Waals surface area contributed by atoms with Gasteiger partial charge < -0.3 is 18.8 Å². The minimum atomic E-state index is -0.832. The van der Waals surface area contributed by atoms with Crippen LogP contribution in [0.2, 0.25) is 5.02 Å². The molecule has 0 saturated carbocycles. The Bertz CT molecular complexity index is 1480. The number of carboxylic acids is 1. The maximum atomic E-state index is 12.9. The molecule has 7 nitrogen and oxygen atoms in total. The normalized spacial score (nSPS) is 14.7. The monoisotopic (exact) mass is 479 g/mol. The lowest BCUT2D eigenvalue weighted by atomic mass is 9.96. The molecule has 0 atom stereocenters. The van der Waals surface area contributed by atoms with Gasteiger partial charge in [-0.3, -0.25) is 9.59 Å². The van der Waals surface area contributed by atoms with Gasteiger partial charge in [0.1, 0.15) is 11.2 Å². The maximum Gasteiger partial charge on any atom is 0.340 e. The molecule has 1 aliphatic heterocycles. The van der Waals surface area contributed by atoms with Crippen molar-refractivity contribution >= 4 is 45.4 Å². The van der Waals surface area contributed by atoms with Crippen LogP contribution in [0.5, 0.6) is 0 Å². The average molecular weight is 480 g/mol. The van der Waals surface area contributed by atoms with Crippen LogP contribution in [0.15, 0.2) is 56.3 Å². The lowest BCUT2D eigenvalue weighted by Crippen LogP contribution is -2.41. The van der Waals surface area contributed by atoms with E-state index in [1.54, 1.807) is 17.2 Å². The highest BCUT2D eigenvalue weighted by atomic mass is 35.5. The molecule has 174 valence electrons. The van der Waals surface area contributed by atoms with Crippen molar-refractivity contribution in [3.63, 3.8) is 0 Å². The van der Waals surface area contributed by atoms with E-state index in [1.165, 1.54) is 0 Å². The number of rotatable bonds is 4. The number of halogens is 1. The summed E-state index contributed by atoms with van der Waals surface area (Å²) in [5.74, 6) is -1.46. The molecule has 8 heteroatoms. The van der Waals surface area contributed by atoms with Crippen LogP contribution in [0.1, 0.15) is 24.0 Å². The summed E-state index contributed by atoms with van der Waals surface area (Å²) in [7, 11) is 0. The minimum absolute atomic E-state index is 0.0880. The molecule has 1 aliphatic rings. The highest BCUT2D eigenvalue weighted by Gasteiger charge is 2.28. The van der Waals surface area contributed by atoms with E-state index < -0.39 is 17.5 Å². The number of aliphatic carboxylic acids is 1. The number of amides is 1. The molecular weight excluding hydrogens is 458 g/mol. The van der Waals surface area contributed by atoms with Gasteiger partial charge in [-0.15, -0.1) is 0 Å². The summed E-state index contributed by atoms with van der Waals surface area (Å²) >= 11 is 6.02. The molecule has 0 radical (unpaired) electrons. The molecule has 1 saturated heterocycles. The molecular formula is C26H22ClNO6. The van der Waals surface area contributed by atoms with E-state index in [4.69, 9.17) is 25.5 Å². The second-order valence-corrected chi connectivity index (χ2v) is 9.10. The Kier molecular flexibility index (Phi) is 5.65. The molecule has 2 aromatic heterocycles. The summed E-state index contributed by atoms with van der Waals surface area (Å²) in [5, 5.41) is 11.4. The number of likely N-dealkylation sites (tertiary alicyclic amines) is 1. The van der Waals surface area contributed by atoms with Crippen LogP contribution in [0, 0.1) is 12.8 Å². The fraction of sp³-hybridized carbons (Fsp3) is 0.269. The third-order valence-electron chi connectivity index (χ3n) is 6.66. The smallest absolute Gasteiger partial charge is 0.340 e. The van der Waals surface area contributed by atoms with Crippen molar-refractivity contribution < 1.29 is 23.5 Å². The van der Waals surface area contributed by atoms with Gasteiger partial charge in [0.25, 0.3) is 0 Å². The molecule has 1 amide bonds. The van der Waals surface area contributed by atoms with Crippen LogP contribution in [0.25, 0.3) is 33.1 Å². The van der Waals surface area contributed by atoms with Crippen LogP contribution in [0.3, 0.4) is 0 Å². The van der Waals surface area contributed by atoms with Crippen molar-refractivity contribution in [3.05, 3.63) is 69.2 Å². The van der Waals surface area contributed by atoms with Crippen LogP contribution in [0.4, 0.5) is 0 Å². The Labute approximate surface area is 199 Å². The maximum absolute atomic E-state index is 12.9. The van der Waals surface area contributed by atoms with Crippen molar-refractivity contribution in [1.29, 1.82) is 0 Å². The summed E-state index contributed by atoms with van der Waals surface area (Å²) in [6.45, 7) is 2.55. The molecule has 3 heterocycles. The molecule has 34 heavy (non-hydrogen) atoms. The van der Waals surface area contributed by atoms with Gasteiger partial charge in [-0.05, 0) is 49.1 Å². The molecule has 0 spiro atoms. The molecule has 4 aromatic rings. The Morgan fingerprint density at radius 3 is 2.47 bits per heavy atom. The lowest BCUT2D eigenvalue weighted by Gasteiger charge is -2.30. The predicted octanol–water partition coefficient (Wildman–Crippen LogP) is 5.03. The van der Waals surface area contributed by atoms with E-state index in [9.17, 15) is 14.4 Å². The van der Waals surface area contributed by atoms with Crippen LogP contribution < -0.4 is 5.63 Å². The average Bonchev–Trinajstić information content (AvgIpc) is 3.24. The summed E-state index contributed by atoms with van der Waals surface area (Å²) in [5.41, 5.74) is 3.26. The Balaban J connectivity index is 1.49. The number of hydrogen-bond acceptors (Lipinski definition) is 5. The highest BCUT2D eigenvalue weighted by Crippen LogP contribution is 2.35. The van der Waals surface area contributed by atoms with Gasteiger partial charge in [-0.2, -0.15) is 0 Å². The first-order chi connectivity index (χ1) is 16.3. The van der Waals surface area contributed by atoms with E-state index in [-0.39, 0.29) is 12.3 Å². The quantitative estimate of drug-likeness (QED) is 0.412. The molecule has 5 rings (SSSR count). The number of carbonyl (C=O) groups is 2. The number of piperidine rings is 1. The number of fused-ring (bicyclic) bond motifs is 2. The van der Waals surface area contributed by atoms with E-state index in [2.05, 4.69) is 0 Å².